The van der Waals surface area contributed by atoms with Crippen molar-refractivity contribution in [2.45, 2.75) is 32.9 Å². The molecule has 6 heteroatoms. The summed E-state index contributed by atoms with van der Waals surface area (Å²) in [6.07, 6.45) is 0. The number of aryl methyl sites for hydroxylation is 1. The normalized spacial score (nSPS) is 13.8. The van der Waals surface area contributed by atoms with Gasteiger partial charge in [-0.2, -0.15) is 0 Å². The van der Waals surface area contributed by atoms with Crippen LogP contribution in [-0.4, -0.2) is 24.2 Å². The lowest BCUT2D eigenvalue weighted by atomic mass is 9.96. The molecule has 0 aliphatic carbocycles. The SMILES string of the molecule is CCNC(=NCc1sccc1C)NCC(C)(O)c1ccccc1.I. The number of guanidine groups is 1. The van der Waals surface area contributed by atoms with Crippen LogP contribution in [-0.2, 0) is 12.1 Å². The molecule has 1 aromatic heterocycles. The monoisotopic (exact) mass is 459 g/mol. The third-order valence-corrected chi connectivity index (χ3v) is 4.70. The van der Waals surface area contributed by atoms with E-state index in [1.807, 2.05) is 44.2 Å². The molecule has 3 N–H and O–H groups in total. The first-order valence-corrected chi connectivity index (χ1v) is 8.74. The first kappa shape index (κ1) is 20.9. The van der Waals surface area contributed by atoms with Crippen LogP contribution < -0.4 is 10.6 Å². The Kier molecular flexibility index (Phi) is 8.72. The van der Waals surface area contributed by atoms with Gasteiger partial charge in [-0.1, -0.05) is 30.3 Å². The molecule has 0 saturated heterocycles. The maximum Gasteiger partial charge on any atom is 0.191 e. The number of thiophene rings is 1. The topological polar surface area (TPSA) is 56.7 Å². The highest BCUT2D eigenvalue weighted by atomic mass is 127. The second-order valence-corrected chi connectivity index (χ2v) is 6.72. The zero-order valence-corrected chi connectivity index (χ0v) is 17.5. The van der Waals surface area contributed by atoms with Crippen LogP contribution in [0.5, 0.6) is 0 Å². The van der Waals surface area contributed by atoms with Gasteiger partial charge in [0.2, 0.25) is 0 Å². The average molecular weight is 459 g/mol. The molecule has 2 aromatic rings. The minimum Gasteiger partial charge on any atom is -0.384 e. The van der Waals surface area contributed by atoms with Crippen molar-refractivity contribution in [3.8, 4) is 0 Å². The van der Waals surface area contributed by atoms with E-state index in [1.165, 1.54) is 10.4 Å². The van der Waals surface area contributed by atoms with Gasteiger partial charge in [0.15, 0.2) is 5.96 Å². The van der Waals surface area contributed by atoms with Crippen LogP contribution >= 0.6 is 35.3 Å². The molecular formula is C18H26IN3OS. The number of hydrogen-bond donors (Lipinski definition) is 3. The Bertz CT molecular complexity index is 641. The lowest BCUT2D eigenvalue weighted by Gasteiger charge is -2.25. The van der Waals surface area contributed by atoms with Crippen LogP contribution in [0.2, 0.25) is 0 Å². The summed E-state index contributed by atoms with van der Waals surface area (Å²) >= 11 is 1.72. The zero-order valence-electron chi connectivity index (χ0n) is 14.4. The Morgan fingerprint density at radius 3 is 2.50 bits per heavy atom. The van der Waals surface area contributed by atoms with Gasteiger partial charge < -0.3 is 15.7 Å². The van der Waals surface area contributed by atoms with Crippen molar-refractivity contribution in [1.29, 1.82) is 0 Å². The van der Waals surface area contributed by atoms with E-state index >= 15 is 0 Å². The third-order valence-electron chi connectivity index (χ3n) is 3.69. The zero-order chi connectivity index (χ0) is 16.7. The van der Waals surface area contributed by atoms with E-state index in [9.17, 15) is 5.11 Å². The van der Waals surface area contributed by atoms with Crippen LogP contribution in [0, 0.1) is 6.92 Å². The lowest BCUT2D eigenvalue weighted by Crippen LogP contribution is -2.44. The molecule has 0 saturated carbocycles. The van der Waals surface area contributed by atoms with Crippen molar-refractivity contribution in [3.63, 3.8) is 0 Å². The Morgan fingerprint density at radius 2 is 1.92 bits per heavy atom. The van der Waals surface area contributed by atoms with Gasteiger partial charge in [-0.05, 0) is 43.3 Å². The van der Waals surface area contributed by atoms with Crippen molar-refractivity contribution >= 4 is 41.3 Å². The van der Waals surface area contributed by atoms with E-state index in [2.05, 4.69) is 34.0 Å². The van der Waals surface area contributed by atoms with Gasteiger partial charge in [0.25, 0.3) is 0 Å². The fourth-order valence-corrected chi connectivity index (χ4v) is 3.04. The summed E-state index contributed by atoms with van der Waals surface area (Å²) in [6, 6.07) is 11.8. The van der Waals surface area contributed by atoms with Crippen molar-refractivity contribution in [2.75, 3.05) is 13.1 Å². The van der Waals surface area contributed by atoms with Crippen LogP contribution in [0.3, 0.4) is 0 Å². The van der Waals surface area contributed by atoms with Crippen molar-refractivity contribution in [3.05, 3.63) is 57.8 Å². The maximum atomic E-state index is 10.7. The highest BCUT2D eigenvalue weighted by Crippen LogP contribution is 2.19. The molecule has 0 spiro atoms. The third kappa shape index (κ3) is 6.07. The summed E-state index contributed by atoms with van der Waals surface area (Å²) in [4.78, 5) is 5.87. The smallest absolute Gasteiger partial charge is 0.191 e. The molecule has 1 unspecified atom stereocenters. The van der Waals surface area contributed by atoms with Gasteiger partial charge in [-0.25, -0.2) is 4.99 Å². The number of aliphatic imine (C=N–C) groups is 1. The van der Waals surface area contributed by atoms with Gasteiger partial charge in [0, 0.05) is 11.4 Å². The van der Waals surface area contributed by atoms with Gasteiger partial charge in [0.1, 0.15) is 5.60 Å². The highest BCUT2D eigenvalue weighted by Gasteiger charge is 2.22. The summed E-state index contributed by atoms with van der Waals surface area (Å²) in [6.45, 7) is 7.76. The fraction of sp³-hybridized carbons (Fsp3) is 0.389. The first-order chi connectivity index (χ1) is 11.0. The number of hydrogen-bond acceptors (Lipinski definition) is 3. The summed E-state index contributed by atoms with van der Waals surface area (Å²) in [5.41, 5.74) is 1.21. The molecule has 2 rings (SSSR count). The molecule has 24 heavy (non-hydrogen) atoms. The molecule has 0 fully saturated rings. The van der Waals surface area contributed by atoms with Gasteiger partial charge >= 0.3 is 0 Å². The highest BCUT2D eigenvalue weighted by molar-refractivity contribution is 14.0. The van der Waals surface area contributed by atoms with Crippen molar-refractivity contribution < 1.29 is 5.11 Å². The lowest BCUT2D eigenvalue weighted by molar-refractivity contribution is 0.0617. The van der Waals surface area contributed by atoms with E-state index in [0.717, 1.165) is 18.1 Å². The number of rotatable bonds is 6. The quantitative estimate of drug-likeness (QED) is 0.351. The van der Waals surface area contributed by atoms with Gasteiger partial charge in [0.05, 0.1) is 13.1 Å². The van der Waals surface area contributed by atoms with Crippen LogP contribution in [0.25, 0.3) is 0 Å². The Hall–Kier alpha value is -1.12. The fourth-order valence-electron chi connectivity index (χ4n) is 2.21. The van der Waals surface area contributed by atoms with E-state index in [0.29, 0.717) is 13.1 Å². The first-order valence-electron chi connectivity index (χ1n) is 7.86. The van der Waals surface area contributed by atoms with Crippen LogP contribution in [0.4, 0.5) is 0 Å². The number of aliphatic hydroxyl groups is 1. The molecule has 4 nitrogen and oxygen atoms in total. The minimum absolute atomic E-state index is 0. The average Bonchev–Trinajstić information content (AvgIpc) is 2.96. The predicted molar refractivity (Wildman–Crippen MR) is 113 cm³/mol. The Morgan fingerprint density at radius 1 is 1.21 bits per heavy atom. The molecule has 0 bridgehead atoms. The van der Waals surface area contributed by atoms with E-state index in [1.54, 1.807) is 11.3 Å². The molecule has 0 radical (unpaired) electrons. The molecule has 0 aliphatic rings. The van der Waals surface area contributed by atoms with Crippen LogP contribution in [0.1, 0.15) is 29.9 Å². The molecule has 1 heterocycles. The minimum atomic E-state index is -0.948. The van der Waals surface area contributed by atoms with Crippen molar-refractivity contribution in [1.82, 2.24) is 10.6 Å². The maximum absolute atomic E-state index is 10.7. The van der Waals surface area contributed by atoms with Gasteiger partial charge in [-0.15, -0.1) is 35.3 Å². The molecule has 1 atom stereocenters. The molecular weight excluding hydrogens is 433 g/mol. The van der Waals surface area contributed by atoms with Gasteiger partial charge in [-0.3, -0.25) is 0 Å². The Balaban J connectivity index is 0.00000288. The van der Waals surface area contributed by atoms with E-state index < -0.39 is 5.60 Å². The standard InChI is InChI=1S/C18H25N3OS.HI/c1-4-19-17(20-12-16-14(2)10-11-23-16)21-13-18(3,22)15-8-6-5-7-9-15;/h5-11,22H,4,12-13H2,1-3H3,(H2,19,20,21);1H. The summed E-state index contributed by atoms with van der Waals surface area (Å²) in [5, 5.41) is 19.2. The number of benzene rings is 1. The number of nitrogens with one attached hydrogen (secondary N) is 2. The predicted octanol–water partition coefficient (Wildman–Crippen LogP) is 3.64. The van der Waals surface area contributed by atoms with Crippen molar-refractivity contribution in [2.24, 2.45) is 4.99 Å². The summed E-state index contributed by atoms with van der Waals surface area (Å²) in [7, 11) is 0. The molecule has 132 valence electrons. The van der Waals surface area contributed by atoms with E-state index in [-0.39, 0.29) is 24.0 Å². The molecule has 0 aliphatic heterocycles. The second kappa shape index (κ2) is 10.0. The summed E-state index contributed by atoms with van der Waals surface area (Å²) in [5.74, 6) is 0.719. The number of nitrogens with zero attached hydrogens (tertiary/aromatic N) is 1. The van der Waals surface area contributed by atoms with E-state index in [4.69, 9.17) is 0 Å². The largest absolute Gasteiger partial charge is 0.384 e. The molecule has 1 aromatic carbocycles. The second-order valence-electron chi connectivity index (χ2n) is 5.72. The van der Waals surface area contributed by atoms with Crippen LogP contribution in [0.15, 0.2) is 46.8 Å². The Labute approximate surface area is 165 Å². The number of halogens is 1. The molecule has 0 amide bonds. The summed E-state index contributed by atoms with van der Waals surface area (Å²) < 4.78 is 0.